The molecule has 2 atom stereocenters. The quantitative estimate of drug-likeness (QED) is 0.833. The van der Waals surface area contributed by atoms with E-state index in [1.54, 1.807) is 0 Å². The highest BCUT2D eigenvalue weighted by atomic mass is 16.3. The van der Waals surface area contributed by atoms with E-state index in [0.717, 1.165) is 12.3 Å². The Balaban J connectivity index is 1.83. The van der Waals surface area contributed by atoms with Crippen molar-refractivity contribution in [3.63, 3.8) is 0 Å². The molecule has 1 fully saturated rings. The molecule has 112 valence electrons. The Morgan fingerprint density at radius 1 is 1.25 bits per heavy atom. The van der Waals surface area contributed by atoms with Crippen molar-refractivity contribution in [1.29, 1.82) is 0 Å². The average Bonchev–Trinajstić information content (AvgIpc) is 2.48. The third-order valence-electron chi connectivity index (χ3n) is 4.51. The first kappa shape index (κ1) is 15.5. The van der Waals surface area contributed by atoms with Gasteiger partial charge in [0.05, 0.1) is 6.61 Å². The summed E-state index contributed by atoms with van der Waals surface area (Å²) in [6.45, 7) is 4.85. The number of aliphatic hydroxyl groups is 1. The van der Waals surface area contributed by atoms with Gasteiger partial charge in [-0.05, 0) is 57.8 Å². The minimum absolute atomic E-state index is 0.159. The SMILES string of the molecule is CC(N[C@@H](CO)Cc1ccccc1)C1CCN(C)CC1. The Bertz CT molecular complexity index is 374. The molecule has 2 N–H and O–H groups in total. The number of nitrogens with one attached hydrogen (secondary N) is 1. The fourth-order valence-electron chi connectivity index (χ4n) is 3.11. The fraction of sp³-hybridized carbons (Fsp3) is 0.647. The maximum atomic E-state index is 9.61. The number of aliphatic hydroxyl groups excluding tert-OH is 1. The molecule has 3 nitrogen and oxygen atoms in total. The van der Waals surface area contributed by atoms with E-state index in [1.807, 2.05) is 6.07 Å². The first-order valence-electron chi connectivity index (χ1n) is 7.78. The predicted molar refractivity (Wildman–Crippen MR) is 83.8 cm³/mol. The Labute approximate surface area is 123 Å². The van der Waals surface area contributed by atoms with Gasteiger partial charge in [0, 0.05) is 12.1 Å². The van der Waals surface area contributed by atoms with E-state index in [9.17, 15) is 5.11 Å². The highest BCUT2D eigenvalue weighted by Crippen LogP contribution is 2.20. The van der Waals surface area contributed by atoms with Crippen molar-refractivity contribution in [3.8, 4) is 0 Å². The average molecular weight is 276 g/mol. The fourth-order valence-corrected chi connectivity index (χ4v) is 3.11. The molecule has 1 aliphatic rings. The molecule has 20 heavy (non-hydrogen) atoms. The summed E-state index contributed by atoms with van der Waals surface area (Å²) in [6, 6.07) is 11.0. The van der Waals surface area contributed by atoms with Gasteiger partial charge in [0.15, 0.2) is 0 Å². The normalized spacial score (nSPS) is 20.8. The molecule has 1 unspecified atom stereocenters. The van der Waals surface area contributed by atoms with Crippen molar-refractivity contribution >= 4 is 0 Å². The van der Waals surface area contributed by atoms with E-state index < -0.39 is 0 Å². The second kappa shape index (κ2) is 7.77. The zero-order valence-corrected chi connectivity index (χ0v) is 12.8. The van der Waals surface area contributed by atoms with Gasteiger partial charge in [0.1, 0.15) is 0 Å². The molecule has 3 heteroatoms. The summed E-state index contributed by atoms with van der Waals surface area (Å²) in [5, 5.41) is 13.2. The third-order valence-corrected chi connectivity index (χ3v) is 4.51. The summed E-state index contributed by atoms with van der Waals surface area (Å²) < 4.78 is 0. The highest BCUT2D eigenvalue weighted by molar-refractivity contribution is 5.16. The molecule has 1 saturated heterocycles. The van der Waals surface area contributed by atoms with Crippen LogP contribution in [-0.2, 0) is 6.42 Å². The van der Waals surface area contributed by atoms with E-state index in [-0.39, 0.29) is 12.6 Å². The van der Waals surface area contributed by atoms with Crippen LogP contribution in [0.4, 0.5) is 0 Å². The van der Waals surface area contributed by atoms with Crippen LogP contribution in [0.3, 0.4) is 0 Å². The molecular formula is C17H28N2O. The lowest BCUT2D eigenvalue weighted by molar-refractivity contribution is 0.167. The van der Waals surface area contributed by atoms with Gasteiger partial charge in [0.25, 0.3) is 0 Å². The molecule has 1 aromatic rings. The number of hydrogen-bond acceptors (Lipinski definition) is 3. The molecule has 0 spiro atoms. The molecule has 1 aliphatic heterocycles. The van der Waals surface area contributed by atoms with E-state index >= 15 is 0 Å². The maximum absolute atomic E-state index is 9.61. The lowest BCUT2D eigenvalue weighted by Gasteiger charge is -2.34. The van der Waals surface area contributed by atoms with E-state index in [0.29, 0.717) is 6.04 Å². The topological polar surface area (TPSA) is 35.5 Å². The minimum Gasteiger partial charge on any atom is -0.395 e. The molecule has 0 radical (unpaired) electrons. The number of likely N-dealkylation sites (tertiary alicyclic amines) is 1. The lowest BCUT2D eigenvalue weighted by Crippen LogP contribution is -2.46. The first-order chi connectivity index (χ1) is 9.69. The van der Waals surface area contributed by atoms with Gasteiger partial charge in [-0.3, -0.25) is 0 Å². The van der Waals surface area contributed by atoms with Gasteiger partial charge in [-0.2, -0.15) is 0 Å². The lowest BCUT2D eigenvalue weighted by atomic mass is 9.90. The van der Waals surface area contributed by atoms with Crippen molar-refractivity contribution < 1.29 is 5.11 Å². The Morgan fingerprint density at radius 2 is 1.90 bits per heavy atom. The summed E-state index contributed by atoms with van der Waals surface area (Å²) in [5.41, 5.74) is 1.29. The molecule has 0 aliphatic carbocycles. The number of piperidine rings is 1. The van der Waals surface area contributed by atoms with E-state index in [2.05, 4.69) is 48.5 Å². The molecule has 1 aromatic carbocycles. The molecule has 0 amide bonds. The summed E-state index contributed by atoms with van der Waals surface area (Å²) in [7, 11) is 2.19. The molecule has 0 aromatic heterocycles. The van der Waals surface area contributed by atoms with Gasteiger partial charge >= 0.3 is 0 Å². The zero-order chi connectivity index (χ0) is 14.4. The van der Waals surface area contributed by atoms with Crippen LogP contribution in [0, 0.1) is 5.92 Å². The van der Waals surface area contributed by atoms with Crippen LogP contribution in [0.2, 0.25) is 0 Å². The summed E-state index contributed by atoms with van der Waals surface area (Å²) >= 11 is 0. The number of rotatable bonds is 6. The Hall–Kier alpha value is -0.900. The molecule has 0 bridgehead atoms. The van der Waals surface area contributed by atoms with Crippen LogP contribution >= 0.6 is 0 Å². The van der Waals surface area contributed by atoms with Crippen LogP contribution in [0.15, 0.2) is 30.3 Å². The second-order valence-corrected chi connectivity index (χ2v) is 6.17. The van der Waals surface area contributed by atoms with Gasteiger partial charge in [-0.25, -0.2) is 0 Å². The minimum atomic E-state index is 0.159. The van der Waals surface area contributed by atoms with Crippen LogP contribution in [0.25, 0.3) is 0 Å². The van der Waals surface area contributed by atoms with Gasteiger partial charge in [-0.1, -0.05) is 30.3 Å². The van der Waals surface area contributed by atoms with Crippen molar-refractivity contribution in [2.24, 2.45) is 5.92 Å². The standard InChI is InChI=1S/C17H28N2O/c1-14(16-8-10-19(2)11-9-16)18-17(13-20)12-15-6-4-3-5-7-15/h3-7,14,16-18,20H,8-13H2,1-2H3/t14?,17-/m1/s1. The zero-order valence-electron chi connectivity index (χ0n) is 12.8. The molecule has 2 rings (SSSR count). The largest absolute Gasteiger partial charge is 0.395 e. The summed E-state index contributed by atoms with van der Waals surface area (Å²) in [5.74, 6) is 0.732. The van der Waals surface area contributed by atoms with Crippen LogP contribution in [-0.4, -0.2) is 48.8 Å². The monoisotopic (exact) mass is 276 g/mol. The maximum Gasteiger partial charge on any atom is 0.0587 e. The van der Waals surface area contributed by atoms with Gasteiger partial charge in [-0.15, -0.1) is 0 Å². The number of benzene rings is 1. The van der Waals surface area contributed by atoms with Gasteiger partial charge in [0.2, 0.25) is 0 Å². The first-order valence-corrected chi connectivity index (χ1v) is 7.78. The van der Waals surface area contributed by atoms with Crippen LogP contribution < -0.4 is 5.32 Å². The molecule has 1 heterocycles. The molecule has 0 saturated carbocycles. The second-order valence-electron chi connectivity index (χ2n) is 6.17. The van der Waals surface area contributed by atoms with Gasteiger partial charge < -0.3 is 15.3 Å². The molecular weight excluding hydrogens is 248 g/mol. The van der Waals surface area contributed by atoms with Crippen LogP contribution in [0.1, 0.15) is 25.3 Å². The van der Waals surface area contributed by atoms with Crippen molar-refractivity contribution in [2.45, 2.75) is 38.3 Å². The number of hydrogen-bond donors (Lipinski definition) is 2. The van der Waals surface area contributed by atoms with E-state index in [4.69, 9.17) is 0 Å². The van der Waals surface area contributed by atoms with Crippen molar-refractivity contribution in [2.75, 3.05) is 26.7 Å². The summed E-state index contributed by atoms with van der Waals surface area (Å²) in [6.07, 6.45) is 3.41. The Morgan fingerprint density at radius 3 is 2.50 bits per heavy atom. The van der Waals surface area contributed by atoms with E-state index in [1.165, 1.54) is 31.5 Å². The van der Waals surface area contributed by atoms with Crippen molar-refractivity contribution in [1.82, 2.24) is 10.2 Å². The number of nitrogens with zero attached hydrogens (tertiary/aromatic N) is 1. The summed E-state index contributed by atoms with van der Waals surface area (Å²) in [4.78, 5) is 2.40. The van der Waals surface area contributed by atoms with Crippen molar-refractivity contribution in [3.05, 3.63) is 35.9 Å². The Kier molecular flexibility index (Phi) is 6.02. The predicted octanol–water partition coefficient (Wildman–Crippen LogP) is 1.91. The smallest absolute Gasteiger partial charge is 0.0587 e. The van der Waals surface area contributed by atoms with Crippen LogP contribution in [0.5, 0.6) is 0 Å². The third kappa shape index (κ3) is 4.58. The highest BCUT2D eigenvalue weighted by Gasteiger charge is 2.23.